The quantitative estimate of drug-likeness (QED) is 0.727. The van der Waals surface area contributed by atoms with Crippen molar-refractivity contribution in [2.75, 3.05) is 0 Å². The largest absolute Gasteiger partial charge is 0.253 e. The summed E-state index contributed by atoms with van der Waals surface area (Å²) in [6.07, 6.45) is 2.80. The van der Waals surface area contributed by atoms with Gasteiger partial charge in [0.2, 0.25) is 0 Å². The maximum Gasteiger partial charge on any atom is 0.127 e. The molecule has 3 heteroatoms. The van der Waals surface area contributed by atoms with Crippen LogP contribution in [0.5, 0.6) is 0 Å². The summed E-state index contributed by atoms with van der Waals surface area (Å²) >= 11 is 5.96. The minimum Gasteiger partial charge on any atom is -0.253 e. The molecule has 1 heterocycles. The van der Waals surface area contributed by atoms with Gasteiger partial charge in [0.15, 0.2) is 0 Å². The van der Waals surface area contributed by atoms with Crippen molar-refractivity contribution in [1.82, 2.24) is 9.78 Å². The number of hydrogen-bond acceptors (Lipinski definition) is 1. The van der Waals surface area contributed by atoms with E-state index in [4.69, 9.17) is 11.6 Å². The molecule has 0 atom stereocenters. The zero-order valence-electron chi connectivity index (χ0n) is 8.13. The Morgan fingerprint density at radius 1 is 1.69 bits per heavy atom. The summed E-state index contributed by atoms with van der Waals surface area (Å²) in [5, 5.41) is 4.96. The summed E-state index contributed by atoms with van der Waals surface area (Å²) in [7, 11) is 0. The van der Waals surface area contributed by atoms with Gasteiger partial charge in [-0.2, -0.15) is 5.10 Å². The fourth-order valence-corrected chi connectivity index (χ4v) is 1.28. The molecule has 0 N–H and O–H groups in total. The Balaban J connectivity index is 2.65. The molecule has 0 bridgehead atoms. The van der Waals surface area contributed by atoms with E-state index in [-0.39, 0.29) is 0 Å². The number of aryl methyl sites for hydroxylation is 1. The third-order valence-electron chi connectivity index (χ3n) is 1.88. The second kappa shape index (κ2) is 4.47. The van der Waals surface area contributed by atoms with Gasteiger partial charge in [-0.25, -0.2) is 0 Å². The molecule has 0 fully saturated rings. The van der Waals surface area contributed by atoms with E-state index in [9.17, 15) is 0 Å². The molecular weight excluding hydrogens is 184 g/mol. The first kappa shape index (κ1) is 10.3. The zero-order chi connectivity index (χ0) is 9.84. The molecule has 0 saturated carbocycles. The van der Waals surface area contributed by atoms with Gasteiger partial charge in [-0.1, -0.05) is 32.0 Å². The number of halogens is 1. The Kier molecular flexibility index (Phi) is 3.55. The van der Waals surface area contributed by atoms with E-state index >= 15 is 0 Å². The maximum absolute atomic E-state index is 5.96. The molecule has 1 rings (SSSR count). The summed E-state index contributed by atoms with van der Waals surface area (Å²) < 4.78 is 1.82. The lowest BCUT2D eigenvalue weighted by Gasteiger charge is -2.05. The van der Waals surface area contributed by atoms with Crippen LogP contribution in [0.4, 0.5) is 0 Å². The van der Waals surface area contributed by atoms with Crippen molar-refractivity contribution < 1.29 is 0 Å². The molecule has 13 heavy (non-hydrogen) atoms. The SMILES string of the molecule is C=Cc1cc(Cl)n(CCC(C)C)n1. The minimum absolute atomic E-state index is 0.674. The summed E-state index contributed by atoms with van der Waals surface area (Å²) in [5.74, 6) is 0.674. The van der Waals surface area contributed by atoms with E-state index < -0.39 is 0 Å². The van der Waals surface area contributed by atoms with Gasteiger partial charge in [0.25, 0.3) is 0 Å². The van der Waals surface area contributed by atoms with Crippen molar-refractivity contribution >= 4 is 17.7 Å². The summed E-state index contributed by atoms with van der Waals surface area (Å²) in [6.45, 7) is 8.90. The first-order chi connectivity index (χ1) is 6.13. The Bertz CT molecular complexity index is 289. The van der Waals surface area contributed by atoms with Crippen LogP contribution in [0.1, 0.15) is 26.0 Å². The van der Waals surface area contributed by atoms with Gasteiger partial charge in [0.05, 0.1) is 5.69 Å². The highest BCUT2D eigenvalue weighted by atomic mass is 35.5. The first-order valence-corrected chi connectivity index (χ1v) is 4.87. The van der Waals surface area contributed by atoms with Gasteiger partial charge >= 0.3 is 0 Å². The highest BCUT2D eigenvalue weighted by Gasteiger charge is 2.03. The second-order valence-electron chi connectivity index (χ2n) is 3.50. The van der Waals surface area contributed by atoms with Crippen molar-refractivity contribution in [2.24, 2.45) is 5.92 Å². The van der Waals surface area contributed by atoms with Crippen LogP contribution in [-0.4, -0.2) is 9.78 Å². The van der Waals surface area contributed by atoms with Gasteiger partial charge in [0, 0.05) is 12.6 Å². The summed E-state index contributed by atoms with van der Waals surface area (Å²) in [5.41, 5.74) is 0.841. The molecule has 1 aromatic heterocycles. The summed E-state index contributed by atoms with van der Waals surface area (Å²) in [6, 6.07) is 1.83. The lowest BCUT2D eigenvalue weighted by atomic mass is 10.1. The van der Waals surface area contributed by atoms with E-state index in [0.29, 0.717) is 11.1 Å². The molecule has 0 unspecified atom stereocenters. The van der Waals surface area contributed by atoms with Crippen LogP contribution in [0.25, 0.3) is 6.08 Å². The van der Waals surface area contributed by atoms with E-state index in [1.165, 1.54) is 0 Å². The standard InChI is InChI=1S/C10H15ClN2/c1-4-9-7-10(11)13(12-9)6-5-8(2)3/h4,7-8H,1,5-6H2,2-3H3. The number of hydrogen-bond donors (Lipinski definition) is 0. The predicted octanol–water partition coefficient (Wildman–Crippen LogP) is 3.23. The van der Waals surface area contributed by atoms with Crippen molar-refractivity contribution in [3.05, 3.63) is 23.5 Å². The van der Waals surface area contributed by atoms with Crippen LogP contribution in [0.15, 0.2) is 12.6 Å². The molecule has 0 aliphatic rings. The Morgan fingerprint density at radius 3 is 2.85 bits per heavy atom. The normalized spacial score (nSPS) is 10.8. The molecule has 2 nitrogen and oxygen atoms in total. The molecule has 0 aliphatic carbocycles. The predicted molar refractivity (Wildman–Crippen MR) is 56.8 cm³/mol. The van der Waals surface area contributed by atoms with Gasteiger partial charge < -0.3 is 0 Å². The smallest absolute Gasteiger partial charge is 0.127 e. The molecule has 0 aliphatic heterocycles. The van der Waals surface area contributed by atoms with Crippen LogP contribution in [0.2, 0.25) is 5.15 Å². The minimum atomic E-state index is 0.674. The van der Waals surface area contributed by atoms with E-state index in [1.54, 1.807) is 6.08 Å². The fraction of sp³-hybridized carbons (Fsp3) is 0.500. The van der Waals surface area contributed by atoms with Crippen LogP contribution in [-0.2, 0) is 6.54 Å². The highest BCUT2D eigenvalue weighted by molar-refractivity contribution is 6.29. The van der Waals surface area contributed by atoms with Crippen LogP contribution in [0.3, 0.4) is 0 Å². The van der Waals surface area contributed by atoms with Crippen molar-refractivity contribution in [1.29, 1.82) is 0 Å². The zero-order valence-corrected chi connectivity index (χ0v) is 8.88. The van der Waals surface area contributed by atoms with Crippen LogP contribution in [0, 0.1) is 5.92 Å². The van der Waals surface area contributed by atoms with E-state index in [0.717, 1.165) is 18.7 Å². The van der Waals surface area contributed by atoms with Crippen molar-refractivity contribution in [3.63, 3.8) is 0 Å². The third-order valence-corrected chi connectivity index (χ3v) is 2.18. The topological polar surface area (TPSA) is 17.8 Å². The number of rotatable bonds is 4. The van der Waals surface area contributed by atoms with E-state index in [1.807, 2.05) is 10.7 Å². The molecule has 0 spiro atoms. The Labute approximate surface area is 84.2 Å². The van der Waals surface area contributed by atoms with Gasteiger partial charge in [-0.05, 0) is 18.4 Å². The fourth-order valence-electron chi connectivity index (χ4n) is 1.05. The molecule has 1 aromatic rings. The Hall–Kier alpha value is -0.760. The number of nitrogens with zero attached hydrogens (tertiary/aromatic N) is 2. The maximum atomic E-state index is 5.96. The second-order valence-corrected chi connectivity index (χ2v) is 3.89. The average molecular weight is 199 g/mol. The first-order valence-electron chi connectivity index (χ1n) is 4.49. The molecule has 72 valence electrons. The van der Waals surface area contributed by atoms with Crippen molar-refractivity contribution in [3.8, 4) is 0 Å². The van der Waals surface area contributed by atoms with Crippen molar-refractivity contribution in [2.45, 2.75) is 26.8 Å². The van der Waals surface area contributed by atoms with Gasteiger partial charge in [-0.15, -0.1) is 0 Å². The average Bonchev–Trinajstić information content (AvgIpc) is 2.43. The van der Waals surface area contributed by atoms with Gasteiger partial charge in [0.1, 0.15) is 5.15 Å². The van der Waals surface area contributed by atoms with Crippen LogP contribution >= 0.6 is 11.6 Å². The molecule has 0 saturated heterocycles. The molecule has 0 radical (unpaired) electrons. The molecule has 0 aromatic carbocycles. The summed E-state index contributed by atoms with van der Waals surface area (Å²) in [4.78, 5) is 0. The third kappa shape index (κ3) is 2.88. The number of aromatic nitrogens is 2. The van der Waals surface area contributed by atoms with Crippen LogP contribution < -0.4 is 0 Å². The van der Waals surface area contributed by atoms with Gasteiger partial charge in [-0.3, -0.25) is 4.68 Å². The van der Waals surface area contributed by atoms with E-state index in [2.05, 4.69) is 25.5 Å². The Morgan fingerprint density at radius 2 is 2.38 bits per heavy atom. The highest BCUT2D eigenvalue weighted by Crippen LogP contribution is 2.13. The lowest BCUT2D eigenvalue weighted by molar-refractivity contribution is 0.487. The monoisotopic (exact) mass is 198 g/mol. The molecular formula is C10H15ClN2. The lowest BCUT2D eigenvalue weighted by Crippen LogP contribution is -2.03. The molecule has 0 amide bonds.